The fraction of sp³-hybridized carbons (Fsp3) is 0.250. The van der Waals surface area contributed by atoms with E-state index in [1.165, 1.54) is 74.6 Å². The molecule has 4 aliphatic heterocycles. The molecule has 128 heavy (non-hydrogen) atoms. The predicted molar refractivity (Wildman–Crippen MR) is 523 cm³/mol. The molecule has 24 heteroatoms. The second kappa shape index (κ2) is 41.8. The number of nitrogens with zero attached hydrogens (tertiary/aromatic N) is 14. The number of fused-ring (bicyclic) bond motifs is 4. The summed E-state index contributed by atoms with van der Waals surface area (Å²) in [5.41, 5.74) is 21.1. The number of aryl methyl sites for hydroxylation is 10. The van der Waals surface area contributed by atoms with Gasteiger partial charge < -0.3 is 40.9 Å². The van der Waals surface area contributed by atoms with E-state index in [4.69, 9.17) is 66.3 Å². The summed E-state index contributed by atoms with van der Waals surface area (Å²) < 4.78 is 29.2. The van der Waals surface area contributed by atoms with Gasteiger partial charge in [0.2, 0.25) is 11.9 Å². The maximum absolute atomic E-state index is 14.6. The van der Waals surface area contributed by atoms with E-state index in [0.29, 0.717) is 56.9 Å². The maximum Gasteiger partial charge on any atom is 0.225 e. The van der Waals surface area contributed by atoms with Crippen molar-refractivity contribution in [2.75, 3.05) is 93.2 Å². The van der Waals surface area contributed by atoms with E-state index in [1.54, 1.807) is 30.7 Å². The van der Waals surface area contributed by atoms with E-state index >= 15 is 0 Å². The molecule has 4 aliphatic rings. The minimum Gasteiger partial charge on any atom is -0.357 e. The lowest BCUT2D eigenvalue weighted by Gasteiger charge is -2.17. The van der Waals surface area contributed by atoms with Crippen molar-refractivity contribution in [3.8, 4) is 0 Å². The van der Waals surface area contributed by atoms with E-state index in [1.807, 2.05) is 141 Å². The third-order valence-corrected chi connectivity index (χ3v) is 24.5. The van der Waals surface area contributed by atoms with Crippen molar-refractivity contribution < 1.29 is 8.78 Å². The van der Waals surface area contributed by atoms with E-state index in [-0.39, 0.29) is 11.6 Å². The van der Waals surface area contributed by atoms with Gasteiger partial charge in [0.05, 0.1) is 22.1 Å². The first-order valence-electron chi connectivity index (χ1n) is 44.2. The topological polar surface area (TPSA) is 190 Å². The van der Waals surface area contributed by atoms with Gasteiger partial charge in [0.1, 0.15) is 23.3 Å². The Bertz CT molecular complexity index is 6580. The summed E-state index contributed by atoms with van der Waals surface area (Å²) >= 11 is 24.4. The second-order valence-electron chi connectivity index (χ2n) is 32.9. The van der Waals surface area contributed by atoms with Crippen LogP contribution in [0.2, 0.25) is 20.1 Å². The zero-order valence-electron chi connectivity index (χ0n) is 71.7. The quantitative estimate of drug-likeness (QED) is 0.0446. The number of nitrogens with one attached hydrogen (secondary N) is 4. The molecular formula is C104H100Cl4F2N18. The summed E-state index contributed by atoms with van der Waals surface area (Å²) in [5, 5.41) is 20.6. The molecule has 0 unspecified atom stereocenters. The Balaban J connectivity index is 0.000000120. The van der Waals surface area contributed by atoms with Crippen LogP contribution in [-0.4, -0.2) is 102 Å². The normalized spacial score (nSPS) is 13.6. The van der Waals surface area contributed by atoms with Crippen LogP contribution in [0.15, 0.2) is 255 Å². The summed E-state index contributed by atoms with van der Waals surface area (Å²) in [6, 6.07) is 74.7. The lowest BCUT2D eigenvalue weighted by atomic mass is 10.1. The number of anilines is 12. The molecule has 20 rings (SSSR count). The lowest BCUT2D eigenvalue weighted by Crippen LogP contribution is -2.21. The molecule has 8 aromatic heterocycles. The molecule has 0 aliphatic carbocycles. The minimum atomic E-state index is -0.211. The molecule has 648 valence electrons. The standard InChI is InChI=1S/C26H25ClFN5.C26H24ClFN4.C26H26ClN5.C26H25ClN4/c1-17-14-20(32-26(30-17)33-12-2-3-13-33)6-4-18-15-21(7-9-23(18)28)31-24-10-11-29-25-16-19(27)5-8-22(24)25;27-19-7-10-22-24(12-13-29-25(22)17-19)30-21-9-11-23(28)18(16-21)6-8-20-4-3-5-26(31-20)32-14-1-2-15-32;1-18-15-22(31-26(29-18)32-13-2-3-14-32)9-7-19-5-4-6-21(16-19)30-24-11-12-28-25-17-20(27)8-10-23(24)25;27-20-10-12-23-24(13-14-28-25(23)18-20)29-22-7-3-5-19(17-22)9-11-21-6-4-8-26(30-21)31-15-1-2-16-31/h5,7-11,14-16H,2-4,6,12-13H2,1H3,(H,29,31);3-5,7,9-13,16-17H,1-2,6,8,14-15H2,(H,29,30);4-6,8,10-12,15-17H,2-3,7,9,13-14H2,1H3,(H,28,30);3-8,10,12-14,17-18H,1-2,9,11,15-16H2,(H,28,29). The van der Waals surface area contributed by atoms with Crippen LogP contribution in [-0.2, 0) is 51.4 Å². The third kappa shape index (κ3) is 23.0. The largest absolute Gasteiger partial charge is 0.357 e. The van der Waals surface area contributed by atoms with Crippen LogP contribution in [0.4, 0.5) is 77.8 Å². The molecule has 18 nitrogen and oxygen atoms in total. The number of rotatable bonds is 24. The Morgan fingerprint density at radius 2 is 0.594 bits per heavy atom. The van der Waals surface area contributed by atoms with Crippen LogP contribution in [0.3, 0.4) is 0 Å². The lowest BCUT2D eigenvalue weighted by molar-refractivity contribution is 0.608. The van der Waals surface area contributed by atoms with Crippen molar-refractivity contribution in [2.24, 2.45) is 0 Å². The zero-order valence-corrected chi connectivity index (χ0v) is 74.8. The summed E-state index contributed by atoms with van der Waals surface area (Å²) in [4.78, 5) is 55.4. The van der Waals surface area contributed by atoms with Gasteiger partial charge in [0, 0.05) is 198 Å². The highest BCUT2D eigenvalue weighted by molar-refractivity contribution is 6.32. The van der Waals surface area contributed by atoms with Crippen LogP contribution in [0.25, 0.3) is 43.6 Å². The van der Waals surface area contributed by atoms with Gasteiger partial charge in [-0.05, 0) is 333 Å². The fourth-order valence-electron chi connectivity index (χ4n) is 17.0. The number of aromatic nitrogens is 10. The summed E-state index contributed by atoms with van der Waals surface area (Å²) in [6.07, 6.45) is 23.1. The Morgan fingerprint density at radius 1 is 0.281 bits per heavy atom. The number of hydrogen-bond donors (Lipinski definition) is 4. The van der Waals surface area contributed by atoms with Crippen molar-refractivity contribution >= 4 is 159 Å². The Hall–Kier alpha value is -12.7. The smallest absolute Gasteiger partial charge is 0.225 e. The first-order chi connectivity index (χ1) is 62.6. The molecule has 0 saturated carbocycles. The molecule has 16 aromatic rings. The molecule has 4 fully saturated rings. The zero-order chi connectivity index (χ0) is 87.7. The molecule has 12 heterocycles. The number of halogens is 6. The molecule has 0 spiro atoms. The summed E-state index contributed by atoms with van der Waals surface area (Å²) in [6.45, 7) is 12.5. The Morgan fingerprint density at radius 3 is 0.953 bits per heavy atom. The minimum absolute atomic E-state index is 0.197. The van der Waals surface area contributed by atoms with Crippen LogP contribution in [0, 0.1) is 25.5 Å². The molecule has 4 N–H and O–H groups in total. The van der Waals surface area contributed by atoms with Crippen molar-refractivity contribution in [3.63, 3.8) is 0 Å². The molecule has 0 bridgehead atoms. The highest BCUT2D eigenvalue weighted by Crippen LogP contribution is 2.35. The number of pyridine rings is 6. The first-order valence-corrected chi connectivity index (χ1v) is 45.7. The fourth-order valence-corrected chi connectivity index (χ4v) is 17.6. The van der Waals surface area contributed by atoms with Gasteiger partial charge in [-0.15, -0.1) is 0 Å². The van der Waals surface area contributed by atoms with Crippen molar-refractivity contribution in [2.45, 2.75) is 117 Å². The summed E-state index contributed by atoms with van der Waals surface area (Å²) in [5.74, 6) is 3.42. The van der Waals surface area contributed by atoms with Gasteiger partial charge in [0.15, 0.2) is 0 Å². The highest BCUT2D eigenvalue weighted by Gasteiger charge is 2.22. The molecule has 8 aromatic carbocycles. The Kier molecular flexibility index (Phi) is 28.5. The summed E-state index contributed by atoms with van der Waals surface area (Å²) in [7, 11) is 0. The maximum atomic E-state index is 14.6. The van der Waals surface area contributed by atoms with Gasteiger partial charge in [0.25, 0.3) is 0 Å². The van der Waals surface area contributed by atoms with Crippen LogP contribution in [0.5, 0.6) is 0 Å². The van der Waals surface area contributed by atoms with Crippen LogP contribution in [0.1, 0.15) is 108 Å². The third-order valence-electron chi connectivity index (χ3n) is 23.5. The van der Waals surface area contributed by atoms with Gasteiger partial charge in [-0.1, -0.05) is 82.8 Å². The first kappa shape index (κ1) is 87.4. The van der Waals surface area contributed by atoms with Crippen LogP contribution < -0.4 is 40.9 Å². The molecule has 4 saturated heterocycles. The molecule has 0 amide bonds. The van der Waals surface area contributed by atoms with Gasteiger partial charge in [-0.25, -0.2) is 38.7 Å². The predicted octanol–water partition coefficient (Wildman–Crippen LogP) is 25.3. The van der Waals surface area contributed by atoms with Gasteiger partial charge >= 0.3 is 0 Å². The van der Waals surface area contributed by atoms with E-state index in [9.17, 15) is 8.78 Å². The van der Waals surface area contributed by atoms with E-state index in [0.717, 1.165) is 225 Å². The van der Waals surface area contributed by atoms with Crippen molar-refractivity contribution in [3.05, 3.63) is 343 Å². The highest BCUT2D eigenvalue weighted by atomic mass is 35.5. The molecule has 0 radical (unpaired) electrons. The van der Waals surface area contributed by atoms with Crippen molar-refractivity contribution in [1.29, 1.82) is 0 Å². The molecular weight excluding hydrogens is 1680 g/mol. The monoisotopic (exact) mass is 1780 g/mol. The second-order valence-corrected chi connectivity index (χ2v) is 34.7. The van der Waals surface area contributed by atoms with E-state index in [2.05, 4.69) is 157 Å². The molecule has 0 atom stereocenters. The SMILES string of the molecule is Cc1cc(CCc2cc(Nc3ccnc4cc(Cl)ccc34)ccc2F)nc(N2CCCC2)n1.Cc1cc(CCc2cccc(Nc3ccnc4cc(Cl)ccc34)c2)nc(N2CCCC2)n1.Clc1ccc2c(Nc3cccc(CCc4cccc(N5CCCC5)n4)c3)ccnc2c1.Fc1ccc(Nc2ccnc3cc(Cl)ccc23)cc1CCc1cccc(N2CCCC2)n1. The Labute approximate surface area is 765 Å². The van der Waals surface area contributed by atoms with E-state index < -0.39 is 0 Å². The number of hydrogen-bond acceptors (Lipinski definition) is 18. The van der Waals surface area contributed by atoms with Crippen molar-refractivity contribution in [1.82, 2.24) is 49.8 Å². The van der Waals surface area contributed by atoms with Crippen LogP contribution >= 0.6 is 46.4 Å². The average Bonchev–Trinajstić information content (AvgIpc) is 0.848. The van der Waals surface area contributed by atoms with Gasteiger partial charge in [-0.3, -0.25) is 19.9 Å². The number of benzene rings is 8. The van der Waals surface area contributed by atoms with Gasteiger partial charge in [-0.2, -0.15) is 0 Å². The average molecular weight is 1780 g/mol.